The number of aryl methyl sites for hydroxylation is 2. The van der Waals surface area contributed by atoms with Crippen LogP contribution in [0.1, 0.15) is 29.2 Å². The normalized spacial score (nSPS) is 18.6. The smallest absolute Gasteiger partial charge is 0.243 e. The molecule has 102 valence electrons. The molecule has 3 nitrogen and oxygen atoms in total. The molecule has 1 aliphatic rings. The molecule has 2 aromatic rings. The molecule has 1 amide bonds. The number of amides is 1. The number of hydrogen-bond donors (Lipinski definition) is 1. The Labute approximate surface area is 119 Å². The number of hydrazine groups is 1. The fourth-order valence-electron chi connectivity index (χ4n) is 2.53. The van der Waals surface area contributed by atoms with Crippen LogP contribution in [0, 0.1) is 13.8 Å². The summed E-state index contributed by atoms with van der Waals surface area (Å²) in [6.45, 7) is 4.11. The van der Waals surface area contributed by atoms with E-state index in [0.29, 0.717) is 6.42 Å². The van der Waals surface area contributed by atoms with Crippen LogP contribution in [-0.4, -0.2) is 5.91 Å². The summed E-state index contributed by atoms with van der Waals surface area (Å²) in [6.07, 6.45) is 0.497. The van der Waals surface area contributed by atoms with E-state index in [4.69, 9.17) is 0 Å². The van der Waals surface area contributed by atoms with Crippen LogP contribution in [0.25, 0.3) is 0 Å². The van der Waals surface area contributed by atoms with Gasteiger partial charge in [-0.3, -0.25) is 4.79 Å². The fourth-order valence-corrected chi connectivity index (χ4v) is 2.53. The quantitative estimate of drug-likeness (QED) is 0.904. The van der Waals surface area contributed by atoms with Crippen molar-refractivity contribution in [2.45, 2.75) is 26.3 Å². The molecule has 1 fully saturated rings. The van der Waals surface area contributed by atoms with E-state index in [-0.39, 0.29) is 11.9 Å². The lowest BCUT2D eigenvalue weighted by atomic mass is 10.0. The van der Waals surface area contributed by atoms with E-state index in [2.05, 4.69) is 30.5 Å². The maximum Gasteiger partial charge on any atom is 0.243 e. The van der Waals surface area contributed by atoms with Crippen molar-refractivity contribution in [3.63, 3.8) is 0 Å². The van der Waals surface area contributed by atoms with E-state index in [1.165, 1.54) is 11.1 Å². The number of hydrogen-bond acceptors (Lipinski definition) is 2. The third kappa shape index (κ3) is 2.45. The minimum absolute atomic E-state index is 0.0590. The SMILES string of the molecule is Cc1ccc(N2NC(c3cccc(C)c3)CC2=O)cc1. The Hall–Kier alpha value is -2.13. The van der Waals surface area contributed by atoms with Gasteiger partial charge in [-0.1, -0.05) is 47.5 Å². The first kappa shape index (κ1) is 12.9. The van der Waals surface area contributed by atoms with Crippen LogP contribution >= 0.6 is 0 Å². The highest BCUT2D eigenvalue weighted by molar-refractivity contribution is 5.95. The monoisotopic (exact) mass is 266 g/mol. The van der Waals surface area contributed by atoms with E-state index < -0.39 is 0 Å². The molecule has 1 N–H and O–H groups in total. The van der Waals surface area contributed by atoms with Crippen LogP contribution in [0.15, 0.2) is 48.5 Å². The Kier molecular flexibility index (Phi) is 3.28. The van der Waals surface area contributed by atoms with Crippen molar-refractivity contribution < 1.29 is 4.79 Å². The van der Waals surface area contributed by atoms with Gasteiger partial charge < -0.3 is 0 Å². The van der Waals surface area contributed by atoms with Gasteiger partial charge in [-0.2, -0.15) is 0 Å². The van der Waals surface area contributed by atoms with Gasteiger partial charge in [-0.15, -0.1) is 0 Å². The third-order valence-electron chi connectivity index (χ3n) is 3.65. The summed E-state index contributed by atoms with van der Waals surface area (Å²) in [5.41, 5.74) is 7.77. The Morgan fingerprint density at radius 2 is 1.80 bits per heavy atom. The van der Waals surface area contributed by atoms with Crippen molar-refractivity contribution in [3.8, 4) is 0 Å². The maximum atomic E-state index is 12.2. The number of rotatable bonds is 2. The molecular weight excluding hydrogens is 248 g/mol. The first-order chi connectivity index (χ1) is 9.63. The zero-order valence-electron chi connectivity index (χ0n) is 11.8. The number of carbonyl (C=O) groups is 1. The average Bonchev–Trinajstić information content (AvgIpc) is 2.82. The van der Waals surface area contributed by atoms with Crippen molar-refractivity contribution in [2.24, 2.45) is 0 Å². The van der Waals surface area contributed by atoms with Gasteiger partial charge in [-0.25, -0.2) is 10.4 Å². The van der Waals surface area contributed by atoms with Gasteiger partial charge in [0.25, 0.3) is 0 Å². The molecule has 1 heterocycles. The maximum absolute atomic E-state index is 12.2. The minimum atomic E-state index is 0.0590. The van der Waals surface area contributed by atoms with Crippen LogP contribution in [0.4, 0.5) is 5.69 Å². The lowest BCUT2D eigenvalue weighted by molar-refractivity contribution is -0.117. The molecule has 1 saturated heterocycles. The van der Waals surface area contributed by atoms with E-state index in [9.17, 15) is 4.79 Å². The Balaban J connectivity index is 1.83. The molecule has 0 bridgehead atoms. The van der Waals surface area contributed by atoms with Gasteiger partial charge in [0.15, 0.2) is 0 Å². The summed E-state index contributed by atoms with van der Waals surface area (Å²) in [4.78, 5) is 12.2. The Bertz CT molecular complexity index is 634. The van der Waals surface area contributed by atoms with Crippen LogP contribution in [-0.2, 0) is 4.79 Å². The van der Waals surface area contributed by atoms with Crippen LogP contribution < -0.4 is 10.4 Å². The summed E-state index contributed by atoms with van der Waals surface area (Å²) in [7, 11) is 0. The molecule has 0 saturated carbocycles. The lowest BCUT2D eigenvalue weighted by Crippen LogP contribution is -2.35. The summed E-state index contributed by atoms with van der Waals surface area (Å²) in [5.74, 6) is 0.111. The molecule has 3 rings (SSSR count). The molecule has 1 aliphatic heterocycles. The lowest BCUT2D eigenvalue weighted by Gasteiger charge is -2.18. The molecule has 20 heavy (non-hydrogen) atoms. The number of benzene rings is 2. The average molecular weight is 266 g/mol. The van der Waals surface area contributed by atoms with E-state index in [0.717, 1.165) is 11.3 Å². The first-order valence-electron chi connectivity index (χ1n) is 6.86. The second-order valence-electron chi connectivity index (χ2n) is 5.36. The molecule has 0 spiro atoms. The molecule has 2 aromatic carbocycles. The van der Waals surface area contributed by atoms with E-state index in [1.807, 2.05) is 37.3 Å². The van der Waals surface area contributed by atoms with Gasteiger partial charge in [0.05, 0.1) is 11.7 Å². The number of carbonyl (C=O) groups excluding carboxylic acids is 1. The van der Waals surface area contributed by atoms with Crippen LogP contribution in [0.2, 0.25) is 0 Å². The Morgan fingerprint density at radius 1 is 1.05 bits per heavy atom. The first-order valence-corrected chi connectivity index (χ1v) is 6.86. The van der Waals surface area contributed by atoms with Crippen molar-refractivity contribution in [2.75, 3.05) is 5.01 Å². The summed E-state index contributed by atoms with van der Waals surface area (Å²) in [5, 5.41) is 1.66. The Morgan fingerprint density at radius 3 is 2.50 bits per heavy atom. The molecule has 0 aliphatic carbocycles. The molecule has 1 unspecified atom stereocenters. The highest BCUT2D eigenvalue weighted by atomic mass is 16.2. The van der Waals surface area contributed by atoms with Crippen molar-refractivity contribution in [1.29, 1.82) is 0 Å². The van der Waals surface area contributed by atoms with Crippen molar-refractivity contribution in [1.82, 2.24) is 5.43 Å². The highest BCUT2D eigenvalue weighted by Crippen LogP contribution is 2.28. The van der Waals surface area contributed by atoms with Crippen LogP contribution in [0.3, 0.4) is 0 Å². The van der Waals surface area contributed by atoms with Gasteiger partial charge >= 0.3 is 0 Å². The summed E-state index contributed by atoms with van der Waals surface area (Å²) in [6, 6.07) is 16.3. The number of nitrogens with zero attached hydrogens (tertiary/aromatic N) is 1. The van der Waals surface area contributed by atoms with Gasteiger partial charge in [-0.05, 0) is 31.5 Å². The largest absolute Gasteiger partial charge is 0.273 e. The summed E-state index contributed by atoms with van der Waals surface area (Å²) < 4.78 is 0. The third-order valence-corrected chi connectivity index (χ3v) is 3.65. The molecule has 0 aromatic heterocycles. The van der Waals surface area contributed by atoms with Crippen molar-refractivity contribution >= 4 is 11.6 Å². The van der Waals surface area contributed by atoms with Crippen molar-refractivity contribution in [3.05, 3.63) is 65.2 Å². The predicted molar refractivity (Wildman–Crippen MR) is 80.3 cm³/mol. The van der Waals surface area contributed by atoms with Crippen LogP contribution in [0.5, 0.6) is 0 Å². The minimum Gasteiger partial charge on any atom is -0.273 e. The molecule has 3 heteroatoms. The summed E-state index contributed by atoms with van der Waals surface area (Å²) >= 11 is 0. The molecule has 0 radical (unpaired) electrons. The second kappa shape index (κ2) is 5.10. The van der Waals surface area contributed by atoms with Gasteiger partial charge in [0, 0.05) is 6.42 Å². The predicted octanol–water partition coefficient (Wildman–Crippen LogP) is 3.29. The standard InChI is InChI=1S/C17H18N2O/c1-12-6-8-15(9-7-12)19-17(20)11-16(18-19)14-5-3-4-13(2)10-14/h3-10,16,18H,11H2,1-2H3. The van der Waals surface area contributed by atoms with Gasteiger partial charge in [0.1, 0.15) is 0 Å². The number of anilines is 1. The second-order valence-corrected chi connectivity index (χ2v) is 5.36. The molecular formula is C17H18N2O. The fraction of sp³-hybridized carbons (Fsp3) is 0.235. The zero-order valence-corrected chi connectivity index (χ0v) is 11.8. The van der Waals surface area contributed by atoms with Gasteiger partial charge in [0.2, 0.25) is 5.91 Å². The molecule has 1 atom stereocenters. The van der Waals surface area contributed by atoms with E-state index >= 15 is 0 Å². The van der Waals surface area contributed by atoms with E-state index in [1.54, 1.807) is 5.01 Å². The highest BCUT2D eigenvalue weighted by Gasteiger charge is 2.31. The topological polar surface area (TPSA) is 32.3 Å². The zero-order chi connectivity index (χ0) is 14.1. The number of nitrogens with one attached hydrogen (secondary N) is 1.